The van der Waals surface area contributed by atoms with Gasteiger partial charge >= 0.3 is 0 Å². The molecular formula is C21H25FN2O. The Morgan fingerprint density at radius 1 is 1.20 bits per heavy atom. The van der Waals surface area contributed by atoms with Gasteiger partial charge in [0.25, 0.3) is 0 Å². The molecule has 1 saturated heterocycles. The maximum atomic E-state index is 13.0. The number of carbonyl (C=O) groups is 1. The first-order valence-electron chi connectivity index (χ1n) is 8.94. The molecule has 25 heavy (non-hydrogen) atoms. The van der Waals surface area contributed by atoms with Crippen LogP contribution in [0.25, 0.3) is 0 Å². The Balaban J connectivity index is 1.55. The first-order chi connectivity index (χ1) is 12.1. The average Bonchev–Trinajstić information content (AvgIpc) is 2.63. The molecule has 4 heteroatoms. The zero-order chi connectivity index (χ0) is 17.6. The summed E-state index contributed by atoms with van der Waals surface area (Å²) in [5.41, 5.74) is 2.20. The molecule has 1 N–H and O–H groups in total. The van der Waals surface area contributed by atoms with Gasteiger partial charge in [-0.1, -0.05) is 42.5 Å². The van der Waals surface area contributed by atoms with E-state index in [4.69, 9.17) is 0 Å². The number of nitrogens with one attached hydrogen (secondary N) is 1. The first kappa shape index (κ1) is 17.6. The first-order valence-corrected chi connectivity index (χ1v) is 8.94. The lowest BCUT2D eigenvalue weighted by Crippen LogP contribution is -2.43. The highest BCUT2D eigenvalue weighted by Crippen LogP contribution is 2.20. The Morgan fingerprint density at radius 2 is 1.92 bits per heavy atom. The van der Waals surface area contributed by atoms with Crippen LogP contribution in [-0.4, -0.2) is 23.9 Å². The van der Waals surface area contributed by atoms with E-state index in [2.05, 4.69) is 22.3 Å². The summed E-state index contributed by atoms with van der Waals surface area (Å²) in [6, 6.07) is 16.6. The van der Waals surface area contributed by atoms with Crippen molar-refractivity contribution < 1.29 is 9.18 Å². The topological polar surface area (TPSA) is 32.3 Å². The molecule has 1 heterocycles. The van der Waals surface area contributed by atoms with Crippen LogP contribution in [-0.2, 0) is 11.3 Å². The maximum absolute atomic E-state index is 13.0. The van der Waals surface area contributed by atoms with Crippen molar-refractivity contribution in [3.05, 3.63) is 71.5 Å². The van der Waals surface area contributed by atoms with Gasteiger partial charge in [0.05, 0.1) is 12.0 Å². The van der Waals surface area contributed by atoms with Crippen molar-refractivity contribution in [1.29, 1.82) is 0 Å². The second kappa shape index (κ2) is 8.26. The van der Waals surface area contributed by atoms with Crippen molar-refractivity contribution >= 4 is 5.91 Å². The number of halogens is 1. The van der Waals surface area contributed by atoms with E-state index in [-0.39, 0.29) is 23.7 Å². The Hall–Kier alpha value is -2.20. The number of rotatable bonds is 5. The standard InChI is InChI=1S/C21H25FN2O/c1-16(18-9-11-20(22)12-10-18)23-21(25)19-8-5-13-24(15-19)14-17-6-3-2-4-7-17/h2-4,6-7,9-12,16,19H,5,8,13-15H2,1H3,(H,23,25)/t16-,19+/m0/s1. The second-order valence-corrected chi connectivity index (χ2v) is 6.84. The highest BCUT2D eigenvalue weighted by Gasteiger charge is 2.26. The van der Waals surface area contributed by atoms with Crippen LogP contribution in [0.5, 0.6) is 0 Å². The van der Waals surface area contributed by atoms with Crippen LogP contribution in [0.15, 0.2) is 54.6 Å². The highest BCUT2D eigenvalue weighted by molar-refractivity contribution is 5.79. The van der Waals surface area contributed by atoms with Crippen LogP contribution in [0.4, 0.5) is 4.39 Å². The molecule has 2 aromatic carbocycles. The number of hydrogen-bond acceptors (Lipinski definition) is 2. The van der Waals surface area contributed by atoms with E-state index in [9.17, 15) is 9.18 Å². The van der Waals surface area contributed by atoms with Gasteiger partial charge in [-0.2, -0.15) is 0 Å². The zero-order valence-corrected chi connectivity index (χ0v) is 14.6. The summed E-state index contributed by atoms with van der Waals surface area (Å²) < 4.78 is 13.0. The van der Waals surface area contributed by atoms with Crippen molar-refractivity contribution in [1.82, 2.24) is 10.2 Å². The van der Waals surface area contributed by atoms with Gasteiger partial charge in [-0.15, -0.1) is 0 Å². The van der Waals surface area contributed by atoms with Crippen molar-refractivity contribution in [3.63, 3.8) is 0 Å². The smallest absolute Gasteiger partial charge is 0.224 e. The summed E-state index contributed by atoms with van der Waals surface area (Å²) in [4.78, 5) is 15.0. The highest BCUT2D eigenvalue weighted by atomic mass is 19.1. The predicted molar refractivity (Wildman–Crippen MR) is 97.4 cm³/mol. The van der Waals surface area contributed by atoms with Crippen LogP contribution in [0, 0.1) is 11.7 Å². The van der Waals surface area contributed by atoms with Gasteiger partial charge < -0.3 is 5.32 Å². The van der Waals surface area contributed by atoms with Crippen molar-refractivity contribution in [2.24, 2.45) is 5.92 Å². The third-order valence-electron chi connectivity index (χ3n) is 4.85. The Morgan fingerprint density at radius 3 is 2.64 bits per heavy atom. The summed E-state index contributed by atoms with van der Waals surface area (Å²) in [6.07, 6.45) is 1.96. The predicted octanol–water partition coefficient (Wildman–Crippen LogP) is 3.92. The van der Waals surface area contributed by atoms with Crippen LogP contribution in [0.2, 0.25) is 0 Å². The summed E-state index contributed by atoms with van der Waals surface area (Å²) in [5, 5.41) is 3.08. The van der Waals surface area contributed by atoms with Crippen LogP contribution in [0.3, 0.4) is 0 Å². The fourth-order valence-electron chi connectivity index (χ4n) is 3.42. The second-order valence-electron chi connectivity index (χ2n) is 6.84. The van der Waals surface area contributed by atoms with Gasteiger partial charge in [-0.05, 0) is 49.6 Å². The molecule has 0 aliphatic carbocycles. The molecule has 0 radical (unpaired) electrons. The van der Waals surface area contributed by atoms with E-state index in [1.165, 1.54) is 17.7 Å². The van der Waals surface area contributed by atoms with E-state index >= 15 is 0 Å². The monoisotopic (exact) mass is 340 g/mol. The Labute approximate surface area is 148 Å². The van der Waals surface area contributed by atoms with Gasteiger partial charge in [-0.25, -0.2) is 4.39 Å². The maximum Gasteiger partial charge on any atom is 0.224 e. The fraction of sp³-hybridized carbons (Fsp3) is 0.381. The Kier molecular flexibility index (Phi) is 5.82. The normalized spacial score (nSPS) is 19.4. The van der Waals surface area contributed by atoms with Gasteiger partial charge in [0.15, 0.2) is 0 Å². The number of hydrogen-bond donors (Lipinski definition) is 1. The molecule has 132 valence electrons. The van der Waals surface area contributed by atoms with E-state index in [0.29, 0.717) is 0 Å². The number of benzene rings is 2. The molecule has 1 aliphatic heterocycles. The molecule has 2 atom stereocenters. The average molecular weight is 340 g/mol. The van der Waals surface area contributed by atoms with Crippen LogP contribution in [0.1, 0.15) is 36.9 Å². The minimum absolute atomic E-state index is 0.0142. The van der Waals surface area contributed by atoms with Crippen molar-refractivity contribution in [3.8, 4) is 0 Å². The zero-order valence-electron chi connectivity index (χ0n) is 14.6. The molecule has 1 amide bonds. The fourth-order valence-corrected chi connectivity index (χ4v) is 3.42. The van der Waals surface area contributed by atoms with Gasteiger partial charge in [0.1, 0.15) is 5.82 Å². The number of carbonyl (C=O) groups excluding carboxylic acids is 1. The lowest BCUT2D eigenvalue weighted by Gasteiger charge is -2.32. The minimum Gasteiger partial charge on any atom is -0.349 e. The lowest BCUT2D eigenvalue weighted by atomic mass is 9.96. The van der Waals surface area contributed by atoms with Crippen LogP contribution < -0.4 is 5.32 Å². The summed E-state index contributed by atoms with van der Waals surface area (Å²) in [7, 11) is 0. The SMILES string of the molecule is C[C@H](NC(=O)[C@@H]1CCCN(Cc2ccccc2)C1)c1ccc(F)cc1. The van der Waals surface area contributed by atoms with E-state index in [1.807, 2.05) is 25.1 Å². The van der Waals surface area contributed by atoms with Crippen molar-refractivity contribution in [2.75, 3.05) is 13.1 Å². The van der Waals surface area contributed by atoms with Gasteiger partial charge in [0, 0.05) is 13.1 Å². The molecule has 0 spiro atoms. The third-order valence-corrected chi connectivity index (χ3v) is 4.85. The molecule has 1 fully saturated rings. The quantitative estimate of drug-likeness (QED) is 0.895. The molecule has 3 rings (SSSR count). The van der Waals surface area contributed by atoms with E-state index < -0.39 is 0 Å². The Bertz CT molecular complexity index is 687. The molecule has 0 unspecified atom stereocenters. The third kappa shape index (κ3) is 4.89. The largest absolute Gasteiger partial charge is 0.349 e. The minimum atomic E-state index is -0.258. The van der Waals surface area contributed by atoms with E-state index in [1.54, 1.807) is 12.1 Å². The summed E-state index contributed by atoms with van der Waals surface area (Å²) in [6.45, 7) is 4.65. The molecule has 3 nitrogen and oxygen atoms in total. The molecule has 1 aliphatic rings. The number of amides is 1. The lowest BCUT2D eigenvalue weighted by molar-refractivity contribution is -0.127. The summed E-state index contributed by atoms with van der Waals surface area (Å²) >= 11 is 0. The number of nitrogens with zero attached hydrogens (tertiary/aromatic N) is 1. The van der Waals surface area contributed by atoms with E-state index in [0.717, 1.165) is 38.0 Å². The van der Waals surface area contributed by atoms with Crippen LogP contribution >= 0.6 is 0 Å². The molecule has 2 aromatic rings. The number of piperidine rings is 1. The molecular weight excluding hydrogens is 315 g/mol. The van der Waals surface area contributed by atoms with Gasteiger partial charge in [-0.3, -0.25) is 9.69 Å². The van der Waals surface area contributed by atoms with Crippen molar-refractivity contribution in [2.45, 2.75) is 32.4 Å². The summed E-state index contributed by atoms with van der Waals surface area (Å²) in [5.74, 6) is -0.152. The molecule has 0 aromatic heterocycles. The molecule has 0 bridgehead atoms. The van der Waals surface area contributed by atoms with Gasteiger partial charge in [0.2, 0.25) is 5.91 Å². The molecule has 0 saturated carbocycles. The number of likely N-dealkylation sites (tertiary alicyclic amines) is 1.